The highest BCUT2D eigenvalue weighted by Gasteiger charge is 2.15. The van der Waals surface area contributed by atoms with Gasteiger partial charge in [0.05, 0.1) is 11.9 Å². The van der Waals surface area contributed by atoms with Gasteiger partial charge < -0.3 is 4.74 Å². The summed E-state index contributed by atoms with van der Waals surface area (Å²) in [6.45, 7) is 2.07. The van der Waals surface area contributed by atoms with Gasteiger partial charge in [0.15, 0.2) is 5.78 Å². The molecule has 82 valence electrons. The zero-order chi connectivity index (χ0) is 11.3. The lowest BCUT2D eigenvalue weighted by Crippen LogP contribution is -2.13. The predicted octanol–water partition coefficient (Wildman–Crippen LogP) is 3.44. The molecule has 0 amide bonds. The van der Waals surface area contributed by atoms with Crippen LogP contribution in [0.25, 0.3) is 0 Å². The maximum Gasteiger partial charge on any atom is 0.176 e. The molecule has 1 aromatic carbocycles. The fraction of sp³-hybridized carbons (Fsp3) is 0.417. The molecule has 0 bridgehead atoms. The van der Waals surface area contributed by atoms with Gasteiger partial charge in [-0.05, 0) is 30.7 Å². The number of rotatable bonds is 5. The van der Waals surface area contributed by atoms with E-state index in [4.69, 9.17) is 4.74 Å². The summed E-state index contributed by atoms with van der Waals surface area (Å²) in [5.41, 5.74) is 0.728. The average molecular weight is 271 g/mol. The molecule has 0 aliphatic heterocycles. The molecule has 1 unspecified atom stereocenters. The van der Waals surface area contributed by atoms with Gasteiger partial charge in [-0.1, -0.05) is 29.3 Å². The van der Waals surface area contributed by atoms with Gasteiger partial charge in [-0.15, -0.1) is 0 Å². The number of Topliss-reactive ketones (excluding diaryl/α,β-unsaturated/α-hetero) is 1. The van der Waals surface area contributed by atoms with Gasteiger partial charge in [-0.25, -0.2) is 0 Å². The maximum absolute atomic E-state index is 11.8. The molecule has 1 rings (SSSR count). The van der Waals surface area contributed by atoms with Gasteiger partial charge in [0, 0.05) is 5.56 Å². The molecule has 0 saturated heterocycles. The highest BCUT2D eigenvalue weighted by molar-refractivity contribution is 9.10. The first-order valence-electron chi connectivity index (χ1n) is 5.01. The van der Waals surface area contributed by atoms with Crippen LogP contribution in [0.3, 0.4) is 0 Å². The Morgan fingerprint density at radius 1 is 1.40 bits per heavy atom. The third-order valence-electron chi connectivity index (χ3n) is 2.20. The Hall–Kier alpha value is -0.830. The summed E-state index contributed by atoms with van der Waals surface area (Å²) >= 11 is 3.39. The van der Waals surface area contributed by atoms with Crippen LogP contribution in [0.1, 0.15) is 30.1 Å². The minimum atomic E-state index is -0.0732. The SMILES string of the molecule is CCCC(Br)C(=O)c1ccc(OC)cc1. The Balaban J connectivity index is 2.73. The third kappa shape index (κ3) is 3.34. The molecule has 0 aliphatic carbocycles. The van der Waals surface area contributed by atoms with Crippen molar-refractivity contribution in [2.75, 3.05) is 7.11 Å². The van der Waals surface area contributed by atoms with Gasteiger partial charge >= 0.3 is 0 Å². The number of carbonyl (C=O) groups excluding carboxylic acids is 1. The Bertz CT molecular complexity index is 319. The number of hydrogen-bond acceptors (Lipinski definition) is 2. The largest absolute Gasteiger partial charge is 0.497 e. The zero-order valence-electron chi connectivity index (χ0n) is 9.00. The van der Waals surface area contributed by atoms with E-state index in [0.29, 0.717) is 0 Å². The summed E-state index contributed by atoms with van der Waals surface area (Å²) in [5.74, 6) is 0.910. The topological polar surface area (TPSA) is 26.3 Å². The molecular formula is C12H15BrO2. The van der Waals surface area contributed by atoms with Crippen LogP contribution < -0.4 is 4.74 Å². The lowest BCUT2D eigenvalue weighted by Gasteiger charge is -2.07. The molecule has 1 aromatic rings. The van der Waals surface area contributed by atoms with E-state index >= 15 is 0 Å². The van der Waals surface area contributed by atoms with Crippen molar-refractivity contribution < 1.29 is 9.53 Å². The summed E-state index contributed by atoms with van der Waals surface area (Å²) in [6.07, 6.45) is 1.86. The Labute approximate surface area is 98.8 Å². The van der Waals surface area contributed by atoms with E-state index in [0.717, 1.165) is 24.2 Å². The van der Waals surface area contributed by atoms with Crippen LogP contribution in [0.4, 0.5) is 0 Å². The van der Waals surface area contributed by atoms with Crippen molar-refractivity contribution in [3.05, 3.63) is 29.8 Å². The minimum Gasteiger partial charge on any atom is -0.497 e. The van der Waals surface area contributed by atoms with Gasteiger partial charge in [-0.2, -0.15) is 0 Å². The second kappa shape index (κ2) is 5.91. The smallest absolute Gasteiger partial charge is 0.176 e. The number of hydrogen-bond donors (Lipinski definition) is 0. The number of halogens is 1. The molecule has 0 spiro atoms. The van der Waals surface area contributed by atoms with E-state index in [-0.39, 0.29) is 10.6 Å². The Kier molecular flexibility index (Phi) is 4.82. The molecule has 0 aliphatic rings. The Morgan fingerprint density at radius 3 is 2.47 bits per heavy atom. The second-order valence-electron chi connectivity index (χ2n) is 3.35. The number of methoxy groups -OCH3 is 1. The molecule has 3 heteroatoms. The van der Waals surface area contributed by atoms with Crippen LogP contribution in [0.5, 0.6) is 5.75 Å². The minimum absolute atomic E-state index is 0.0732. The summed E-state index contributed by atoms with van der Waals surface area (Å²) in [7, 11) is 1.61. The quantitative estimate of drug-likeness (QED) is 0.605. The van der Waals surface area contributed by atoms with E-state index in [1.165, 1.54) is 0 Å². The van der Waals surface area contributed by atoms with Crippen LogP contribution in [0.15, 0.2) is 24.3 Å². The van der Waals surface area contributed by atoms with Crippen LogP contribution in [0, 0.1) is 0 Å². The van der Waals surface area contributed by atoms with Crippen LogP contribution >= 0.6 is 15.9 Å². The van der Waals surface area contributed by atoms with Crippen LogP contribution in [0.2, 0.25) is 0 Å². The Morgan fingerprint density at radius 2 is 2.00 bits per heavy atom. The molecule has 0 heterocycles. The molecule has 0 N–H and O–H groups in total. The molecule has 0 aromatic heterocycles. The monoisotopic (exact) mass is 270 g/mol. The zero-order valence-corrected chi connectivity index (χ0v) is 10.6. The normalized spacial score (nSPS) is 12.2. The van der Waals surface area contributed by atoms with Gasteiger partial charge in [-0.3, -0.25) is 4.79 Å². The van der Waals surface area contributed by atoms with E-state index in [2.05, 4.69) is 22.9 Å². The lowest BCUT2D eigenvalue weighted by molar-refractivity contribution is 0.0988. The molecule has 0 radical (unpaired) electrons. The maximum atomic E-state index is 11.8. The molecule has 0 fully saturated rings. The number of ether oxygens (including phenoxy) is 1. The number of ketones is 1. The molecule has 0 saturated carbocycles. The fourth-order valence-corrected chi connectivity index (χ4v) is 2.04. The lowest BCUT2D eigenvalue weighted by atomic mass is 10.1. The average Bonchev–Trinajstić information content (AvgIpc) is 2.28. The van der Waals surface area contributed by atoms with Crippen molar-refractivity contribution in [2.24, 2.45) is 0 Å². The first kappa shape index (κ1) is 12.2. The second-order valence-corrected chi connectivity index (χ2v) is 4.45. The van der Waals surface area contributed by atoms with E-state index in [1.807, 2.05) is 0 Å². The highest BCUT2D eigenvalue weighted by atomic mass is 79.9. The molecule has 2 nitrogen and oxygen atoms in total. The summed E-state index contributed by atoms with van der Waals surface area (Å²) in [5, 5.41) is 0. The third-order valence-corrected chi connectivity index (χ3v) is 3.07. The van der Waals surface area contributed by atoms with Crippen molar-refractivity contribution in [1.82, 2.24) is 0 Å². The van der Waals surface area contributed by atoms with Crippen molar-refractivity contribution in [1.29, 1.82) is 0 Å². The first-order chi connectivity index (χ1) is 7.19. The highest BCUT2D eigenvalue weighted by Crippen LogP contribution is 2.17. The van der Waals surface area contributed by atoms with Crippen molar-refractivity contribution in [3.63, 3.8) is 0 Å². The molecular weight excluding hydrogens is 256 g/mol. The van der Waals surface area contributed by atoms with Gasteiger partial charge in [0.2, 0.25) is 0 Å². The van der Waals surface area contributed by atoms with Crippen molar-refractivity contribution in [3.8, 4) is 5.75 Å². The van der Waals surface area contributed by atoms with E-state index < -0.39 is 0 Å². The standard InChI is InChI=1S/C12H15BrO2/c1-3-4-11(13)12(14)9-5-7-10(15-2)8-6-9/h5-8,11H,3-4H2,1-2H3. The van der Waals surface area contributed by atoms with Gasteiger partial charge in [0.25, 0.3) is 0 Å². The fourth-order valence-electron chi connectivity index (χ4n) is 1.32. The summed E-state index contributed by atoms with van der Waals surface area (Å²) in [4.78, 5) is 11.8. The molecule has 1 atom stereocenters. The van der Waals surface area contributed by atoms with E-state index in [9.17, 15) is 4.79 Å². The van der Waals surface area contributed by atoms with Crippen LogP contribution in [-0.2, 0) is 0 Å². The number of benzene rings is 1. The number of alkyl halides is 1. The number of carbonyl (C=O) groups is 1. The molecule has 15 heavy (non-hydrogen) atoms. The predicted molar refractivity (Wildman–Crippen MR) is 64.9 cm³/mol. The summed E-state index contributed by atoms with van der Waals surface area (Å²) in [6, 6.07) is 7.20. The van der Waals surface area contributed by atoms with Crippen molar-refractivity contribution in [2.45, 2.75) is 24.6 Å². The van der Waals surface area contributed by atoms with Crippen molar-refractivity contribution >= 4 is 21.7 Å². The van der Waals surface area contributed by atoms with Gasteiger partial charge in [0.1, 0.15) is 5.75 Å². The first-order valence-corrected chi connectivity index (χ1v) is 5.93. The van der Waals surface area contributed by atoms with E-state index in [1.54, 1.807) is 31.4 Å². The van der Waals surface area contributed by atoms with Crippen LogP contribution in [-0.4, -0.2) is 17.7 Å². The summed E-state index contributed by atoms with van der Waals surface area (Å²) < 4.78 is 5.03.